The molecule has 0 bridgehead atoms. The second kappa shape index (κ2) is 5.60. The van der Waals surface area contributed by atoms with E-state index in [0.717, 1.165) is 5.56 Å². The highest BCUT2D eigenvalue weighted by Gasteiger charge is 2.18. The number of sulfonamides is 1. The SMILES string of the molecule is Cc1ccnc(NS(=O)(=O)c2cc(Br)ccc2Br)c1. The van der Waals surface area contributed by atoms with Crippen molar-refractivity contribution in [1.29, 1.82) is 0 Å². The van der Waals surface area contributed by atoms with E-state index >= 15 is 0 Å². The molecule has 0 fully saturated rings. The normalized spacial score (nSPS) is 11.3. The Bertz CT molecular complexity index is 717. The molecule has 0 atom stereocenters. The number of aryl methyl sites for hydroxylation is 1. The topological polar surface area (TPSA) is 59.1 Å². The predicted octanol–water partition coefficient (Wildman–Crippen LogP) is 3.72. The Morgan fingerprint density at radius 1 is 1.16 bits per heavy atom. The van der Waals surface area contributed by atoms with Gasteiger partial charge in [-0.25, -0.2) is 13.4 Å². The Hall–Kier alpha value is -0.920. The number of hydrogen-bond donors (Lipinski definition) is 1. The molecule has 0 saturated carbocycles. The van der Waals surface area contributed by atoms with Crippen LogP contribution in [0.15, 0.2) is 50.4 Å². The summed E-state index contributed by atoms with van der Waals surface area (Å²) in [5.74, 6) is 0.298. The summed E-state index contributed by atoms with van der Waals surface area (Å²) in [5.41, 5.74) is 0.931. The minimum absolute atomic E-state index is 0.158. The van der Waals surface area contributed by atoms with Crippen LogP contribution in [0.1, 0.15) is 5.56 Å². The Morgan fingerprint density at radius 3 is 2.58 bits per heavy atom. The first-order chi connectivity index (χ1) is 8.88. The van der Waals surface area contributed by atoms with Gasteiger partial charge in [0.2, 0.25) is 0 Å². The lowest BCUT2D eigenvalue weighted by Gasteiger charge is -2.09. The van der Waals surface area contributed by atoms with Crippen LogP contribution in [0.25, 0.3) is 0 Å². The van der Waals surface area contributed by atoms with Crippen LogP contribution < -0.4 is 4.72 Å². The number of halogens is 2. The lowest BCUT2D eigenvalue weighted by atomic mass is 10.3. The minimum Gasteiger partial charge on any atom is -0.263 e. The van der Waals surface area contributed by atoms with Gasteiger partial charge in [0.15, 0.2) is 0 Å². The van der Waals surface area contributed by atoms with Gasteiger partial charge in [-0.1, -0.05) is 15.9 Å². The van der Waals surface area contributed by atoms with Crippen LogP contribution in [0.2, 0.25) is 0 Å². The first-order valence-corrected chi connectivity index (χ1v) is 8.36. The van der Waals surface area contributed by atoms with Crippen molar-refractivity contribution in [3.05, 3.63) is 51.0 Å². The Kier molecular flexibility index (Phi) is 4.27. The van der Waals surface area contributed by atoms with E-state index in [2.05, 4.69) is 41.6 Å². The summed E-state index contributed by atoms with van der Waals surface area (Å²) >= 11 is 6.49. The van der Waals surface area contributed by atoms with Crippen LogP contribution >= 0.6 is 31.9 Å². The van der Waals surface area contributed by atoms with Crippen LogP contribution in [0, 0.1) is 6.92 Å². The van der Waals surface area contributed by atoms with E-state index in [0.29, 0.717) is 14.8 Å². The molecule has 1 aromatic carbocycles. The third kappa shape index (κ3) is 3.55. The molecule has 2 aromatic rings. The molecule has 1 N–H and O–H groups in total. The lowest BCUT2D eigenvalue weighted by Crippen LogP contribution is -2.14. The quantitative estimate of drug-likeness (QED) is 0.846. The van der Waals surface area contributed by atoms with Gasteiger partial charge in [-0.3, -0.25) is 4.72 Å². The lowest BCUT2D eigenvalue weighted by molar-refractivity contribution is 0.600. The highest BCUT2D eigenvalue weighted by atomic mass is 79.9. The van der Waals surface area contributed by atoms with E-state index in [1.54, 1.807) is 30.5 Å². The molecule has 7 heteroatoms. The molecule has 0 aliphatic rings. The van der Waals surface area contributed by atoms with E-state index < -0.39 is 10.0 Å². The number of rotatable bonds is 3. The van der Waals surface area contributed by atoms with Gasteiger partial charge in [0.1, 0.15) is 10.7 Å². The molecule has 4 nitrogen and oxygen atoms in total. The Balaban J connectivity index is 2.40. The average molecular weight is 406 g/mol. The fraction of sp³-hybridized carbons (Fsp3) is 0.0833. The van der Waals surface area contributed by atoms with Crippen LogP contribution in [0.5, 0.6) is 0 Å². The summed E-state index contributed by atoms with van der Waals surface area (Å²) in [5, 5.41) is 0. The molecule has 0 aliphatic carbocycles. The first-order valence-electron chi connectivity index (χ1n) is 5.29. The number of benzene rings is 1. The molecule has 2 rings (SSSR count). The van der Waals surface area contributed by atoms with Gasteiger partial charge in [-0.05, 0) is 58.7 Å². The molecule has 0 saturated heterocycles. The highest BCUT2D eigenvalue weighted by Crippen LogP contribution is 2.27. The molecule has 1 aromatic heterocycles. The van der Waals surface area contributed by atoms with E-state index in [4.69, 9.17) is 0 Å². The second-order valence-electron chi connectivity index (χ2n) is 3.90. The Labute approximate surface area is 128 Å². The maximum atomic E-state index is 12.3. The summed E-state index contributed by atoms with van der Waals surface area (Å²) in [4.78, 5) is 4.14. The summed E-state index contributed by atoms with van der Waals surface area (Å²) in [6.07, 6.45) is 1.56. The minimum atomic E-state index is -3.67. The van der Waals surface area contributed by atoms with Crippen molar-refractivity contribution in [1.82, 2.24) is 4.98 Å². The van der Waals surface area contributed by atoms with Gasteiger partial charge in [0, 0.05) is 15.1 Å². The van der Waals surface area contributed by atoms with Crippen LogP contribution in [0.3, 0.4) is 0 Å². The number of anilines is 1. The molecule has 100 valence electrons. The summed E-state index contributed by atoms with van der Waals surface area (Å²) in [6, 6.07) is 8.43. The van der Waals surface area contributed by atoms with Crippen LogP contribution in [0.4, 0.5) is 5.82 Å². The van der Waals surface area contributed by atoms with Crippen molar-refractivity contribution in [2.75, 3.05) is 4.72 Å². The van der Waals surface area contributed by atoms with Crippen molar-refractivity contribution in [2.45, 2.75) is 11.8 Å². The van der Waals surface area contributed by atoms with Crippen molar-refractivity contribution in [3.63, 3.8) is 0 Å². The molecule has 0 radical (unpaired) electrons. The highest BCUT2D eigenvalue weighted by molar-refractivity contribution is 9.11. The van der Waals surface area contributed by atoms with Gasteiger partial charge < -0.3 is 0 Å². The van der Waals surface area contributed by atoms with Crippen molar-refractivity contribution in [3.8, 4) is 0 Å². The third-order valence-corrected chi connectivity index (χ3v) is 5.18. The molecule has 19 heavy (non-hydrogen) atoms. The smallest absolute Gasteiger partial charge is 0.263 e. The zero-order chi connectivity index (χ0) is 14.0. The number of pyridine rings is 1. The number of nitrogens with one attached hydrogen (secondary N) is 1. The molecule has 1 heterocycles. The first kappa shape index (κ1) is 14.5. The predicted molar refractivity (Wildman–Crippen MR) is 81.6 cm³/mol. The Morgan fingerprint density at radius 2 is 1.89 bits per heavy atom. The number of nitrogens with zero attached hydrogens (tertiary/aromatic N) is 1. The standard InChI is InChI=1S/C12H10Br2N2O2S/c1-8-4-5-15-12(6-8)16-19(17,18)11-7-9(13)2-3-10(11)14/h2-7H,1H3,(H,15,16). The zero-order valence-electron chi connectivity index (χ0n) is 9.89. The van der Waals surface area contributed by atoms with E-state index in [1.807, 2.05) is 6.92 Å². The van der Waals surface area contributed by atoms with Crippen molar-refractivity contribution in [2.24, 2.45) is 0 Å². The molecular weight excluding hydrogens is 396 g/mol. The molecule has 0 amide bonds. The molecule has 0 aliphatic heterocycles. The summed E-state index contributed by atoms with van der Waals surface area (Å²) in [6.45, 7) is 1.87. The van der Waals surface area contributed by atoms with Crippen molar-refractivity contribution >= 4 is 47.7 Å². The molecule has 0 spiro atoms. The van der Waals surface area contributed by atoms with Gasteiger partial charge in [-0.2, -0.15) is 0 Å². The van der Waals surface area contributed by atoms with E-state index in [-0.39, 0.29) is 4.90 Å². The summed E-state index contributed by atoms with van der Waals surface area (Å²) < 4.78 is 28.2. The molecule has 0 unspecified atom stereocenters. The van der Waals surface area contributed by atoms with Gasteiger partial charge in [-0.15, -0.1) is 0 Å². The zero-order valence-corrected chi connectivity index (χ0v) is 13.9. The average Bonchev–Trinajstić information content (AvgIpc) is 2.31. The van der Waals surface area contributed by atoms with Gasteiger partial charge in [0.05, 0.1) is 0 Å². The number of hydrogen-bond acceptors (Lipinski definition) is 3. The summed E-state index contributed by atoms with van der Waals surface area (Å²) in [7, 11) is -3.67. The molecular formula is C12H10Br2N2O2S. The van der Waals surface area contributed by atoms with Gasteiger partial charge >= 0.3 is 0 Å². The second-order valence-corrected chi connectivity index (χ2v) is 7.32. The van der Waals surface area contributed by atoms with Gasteiger partial charge in [0.25, 0.3) is 10.0 Å². The fourth-order valence-electron chi connectivity index (χ4n) is 1.47. The maximum Gasteiger partial charge on any atom is 0.264 e. The fourth-order valence-corrected chi connectivity index (χ4v) is 3.97. The third-order valence-electron chi connectivity index (χ3n) is 2.34. The van der Waals surface area contributed by atoms with Crippen LogP contribution in [-0.4, -0.2) is 13.4 Å². The van der Waals surface area contributed by atoms with Crippen LogP contribution in [-0.2, 0) is 10.0 Å². The van der Waals surface area contributed by atoms with E-state index in [1.165, 1.54) is 6.07 Å². The van der Waals surface area contributed by atoms with Crippen molar-refractivity contribution < 1.29 is 8.42 Å². The largest absolute Gasteiger partial charge is 0.264 e. The maximum absolute atomic E-state index is 12.3. The number of aromatic nitrogens is 1. The van der Waals surface area contributed by atoms with E-state index in [9.17, 15) is 8.42 Å². The monoisotopic (exact) mass is 404 g/mol.